The number of aryl methyl sites for hydroxylation is 1. The Balaban J connectivity index is 1.43. The van der Waals surface area contributed by atoms with Crippen molar-refractivity contribution in [3.05, 3.63) is 46.9 Å². The van der Waals surface area contributed by atoms with Gasteiger partial charge >= 0.3 is 0 Å². The molecule has 7 nitrogen and oxygen atoms in total. The summed E-state index contributed by atoms with van der Waals surface area (Å²) in [5.74, 6) is 2.41. The SMILES string of the molecule is Cc1nnc(CN=C(NCC(O)c2cc3ccccc3s2)NC2CCCC2)n1C. The first-order chi connectivity index (χ1) is 14.1. The van der Waals surface area contributed by atoms with E-state index < -0.39 is 6.10 Å². The standard InChI is InChI=1S/C21H28N6OS/c1-14-25-26-20(27(14)2)13-23-21(24-16-8-4-5-9-16)22-12-17(28)19-11-15-7-3-6-10-18(15)29-19/h3,6-7,10-11,16-17,28H,4-5,8-9,12-13H2,1-2H3,(H2,22,23,24). The van der Waals surface area contributed by atoms with Crippen molar-refractivity contribution >= 4 is 27.4 Å². The van der Waals surface area contributed by atoms with Gasteiger partial charge in [0.1, 0.15) is 18.5 Å². The molecule has 0 radical (unpaired) electrons. The van der Waals surface area contributed by atoms with E-state index in [4.69, 9.17) is 4.99 Å². The van der Waals surface area contributed by atoms with Crippen molar-refractivity contribution in [1.29, 1.82) is 0 Å². The zero-order valence-electron chi connectivity index (χ0n) is 16.9. The van der Waals surface area contributed by atoms with Crippen LogP contribution < -0.4 is 10.6 Å². The zero-order valence-corrected chi connectivity index (χ0v) is 17.7. The molecule has 0 saturated heterocycles. The lowest BCUT2D eigenvalue weighted by Crippen LogP contribution is -2.43. The minimum Gasteiger partial charge on any atom is -0.386 e. The fourth-order valence-electron chi connectivity index (χ4n) is 3.62. The molecule has 1 aromatic carbocycles. The quantitative estimate of drug-likeness (QED) is 0.428. The Bertz CT molecular complexity index is 955. The fourth-order valence-corrected chi connectivity index (χ4v) is 4.67. The van der Waals surface area contributed by atoms with Gasteiger partial charge in [-0.2, -0.15) is 0 Å². The smallest absolute Gasteiger partial charge is 0.192 e. The van der Waals surface area contributed by atoms with Crippen molar-refractivity contribution in [2.45, 2.75) is 51.3 Å². The van der Waals surface area contributed by atoms with E-state index in [-0.39, 0.29) is 0 Å². The van der Waals surface area contributed by atoms with Gasteiger partial charge in [-0.05, 0) is 37.3 Å². The highest BCUT2D eigenvalue weighted by atomic mass is 32.1. The minimum atomic E-state index is -0.583. The Kier molecular flexibility index (Phi) is 6.10. The van der Waals surface area contributed by atoms with Gasteiger partial charge in [0, 0.05) is 29.2 Å². The average Bonchev–Trinajstić information content (AvgIpc) is 3.46. The van der Waals surface area contributed by atoms with Crippen LogP contribution in [-0.4, -0.2) is 38.4 Å². The third-order valence-corrected chi connectivity index (χ3v) is 6.71. The number of aliphatic hydroxyl groups excluding tert-OH is 1. The molecule has 3 N–H and O–H groups in total. The van der Waals surface area contributed by atoms with Gasteiger partial charge in [-0.25, -0.2) is 4.99 Å². The predicted molar refractivity (Wildman–Crippen MR) is 117 cm³/mol. The number of hydrogen-bond donors (Lipinski definition) is 3. The van der Waals surface area contributed by atoms with E-state index in [0.717, 1.165) is 35.3 Å². The van der Waals surface area contributed by atoms with Gasteiger partial charge in [-0.3, -0.25) is 0 Å². The summed E-state index contributed by atoms with van der Waals surface area (Å²) in [5.41, 5.74) is 0. The van der Waals surface area contributed by atoms with Crippen LogP contribution in [0.1, 0.15) is 48.3 Å². The lowest BCUT2D eigenvalue weighted by molar-refractivity contribution is 0.184. The number of nitrogens with zero attached hydrogens (tertiary/aromatic N) is 4. The number of fused-ring (bicyclic) bond motifs is 1. The van der Waals surface area contributed by atoms with Crippen LogP contribution in [0.5, 0.6) is 0 Å². The third-order valence-electron chi connectivity index (χ3n) is 5.49. The number of hydrogen-bond acceptors (Lipinski definition) is 5. The molecule has 1 unspecified atom stereocenters. The van der Waals surface area contributed by atoms with Crippen molar-refractivity contribution in [3.63, 3.8) is 0 Å². The van der Waals surface area contributed by atoms with E-state index in [2.05, 4.69) is 39.0 Å². The lowest BCUT2D eigenvalue weighted by Gasteiger charge is -2.19. The molecule has 4 rings (SSSR count). The summed E-state index contributed by atoms with van der Waals surface area (Å²) in [6.45, 7) is 2.78. The molecule has 2 heterocycles. The van der Waals surface area contributed by atoms with Crippen LogP contribution in [-0.2, 0) is 13.6 Å². The Morgan fingerprint density at radius 1 is 1.31 bits per heavy atom. The molecule has 0 amide bonds. The van der Waals surface area contributed by atoms with Crippen LogP contribution >= 0.6 is 11.3 Å². The van der Waals surface area contributed by atoms with Gasteiger partial charge in [-0.1, -0.05) is 31.0 Å². The molecule has 8 heteroatoms. The first kappa shape index (κ1) is 19.8. The molecule has 0 spiro atoms. The van der Waals surface area contributed by atoms with Crippen molar-refractivity contribution < 1.29 is 5.11 Å². The fraction of sp³-hybridized carbons (Fsp3) is 0.476. The van der Waals surface area contributed by atoms with Gasteiger partial charge in [0.05, 0.1) is 0 Å². The average molecular weight is 413 g/mol. The number of guanidine groups is 1. The van der Waals surface area contributed by atoms with Crippen LogP contribution in [0.15, 0.2) is 35.3 Å². The maximum absolute atomic E-state index is 10.7. The van der Waals surface area contributed by atoms with Gasteiger partial charge in [0.2, 0.25) is 0 Å². The summed E-state index contributed by atoms with van der Waals surface area (Å²) in [4.78, 5) is 5.66. The highest BCUT2D eigenvalue weighted by molar-refractivity contribution is 7.19. The molecule has 1 atom stereocenters. The van der Waals surface area contributed by atoms with E-state index in [1.165, 1.54) is 22.9 Å². The highest BCUT2D eigenvalue weighted by Gasteiger charge is 2.18. The number of aromatic nitrogens is 3. The number of nitrogens with one attached hydrogen (secondary N) is 2. The number of aliphatic imine (C=N–C) groups is 1. The van der Waals surface area contributed by atoms with Crippen molar-refractivity contribution in [3.8, 4) is 0 Å². The summed E-state index contributed by atoms with van der Waals surface area (Å²) in [7, 11) is 1.95. The van der Waals surface area contributed by atoms with E-state index in [9.17, 15) is 5.11 Å². The number of rotatable bonds is 6. The number of aliphatic hydroxyl groups is 1. The van der Waals surface area contributed by atoms with Crippen molar-refractivity contribution in [2.75, 3.05) is 6.54 Å². The normalized spacial score (nSPS) is 16.4. The van der Waals surface area contributed by atoms with E-state index in [1.807, 2.05) is 30.7 Å². The Morgan fingerprint density at radius 2 is 2.10 bits per heavy atom. The number of thiophene rings is 1. The second kappa shape index (κ2) is 8.92. The van der Waals surface area contributed by atoms with Gasteiger partial charge in [0.15, 0.2) is 11.8 Å². The van der Waals surface area contributed by atoms with Gasteiger partial charge < -0.3 is 20.3 Å². The highest BCUT2D eigenvalue weighted by Crippen LogP contribution is 2.29. The van der Waals surface area contributed by atoms with Crippen LogP contribution in [0.25, 0.3) is 10.1 Å². The summed E-state index contributed by atoms with van der Waals surface area (Å²) in [6.07, 6.45) is 4.22. The topological polar surface area (TPSA) is 87.4 Å². The Hall–Kier alpha value is -2.45. The van der Waals surface area contributed by atoms with Crippen LogP contribution in [0.2, 0.25) is 0 Å². The van der Waals surface area contributed by atoms with Crippen molar-refractivity contribution in [1.82, 2.24) is 25.4 Å². The molecule has 1 aliphatic rings. The molecule has 0 aliphatic heterocycles. The first-order valence-corrected chi connectivity index (χ1v) is 11.0. The molecular formula is C21H28N6OS. The second-order valence-electron chi connectivity index (χ2n) is 7.60. The van der Waals surface area contributed by atoms with Crippen LogP contribution in [0, 0.1) is 6.92 Å². The molecule has 29 heavy (non-hydrogen) atoms. The van der Waals surface area contributed by atoms with E-state index >= 15 is 0 Å². The molecule has 1 aliphatic carbocycles. The largest absolute Gasteiger partial charge is 0.386 e. The maximum atomic E-state index is 10.7. The molecule has 3 aromatic rings. The maximum Gasteiger partial charge on any atom is 0.192 e. The van der Waals surface area contributed by atoms with Gasteiger partial charge in [-0.15, -0.1) is 21.5 Å². The minimum absolute atomic E-state index is 0.406. The lowest BCUT2D eigenvalue weighted by atomic mass is 10.2. The van der Waals surface area contributed by atoms with Crippen LogP contribution in [0.4, 0.5) is 0 Å². The van der Waals surface area contributed by atoms with Crippen LogP contribution in [0.3, 0.4) is 0 Å². The second-order valence-corrected chi connectivity index (χ2v) is 8.71. The Morgan fingerprint density at radius 3 is 2.83 bits per heavy atom. The Labute approximate surface area is 174 Å². The summed E-state index contributed by atoms with van der Waals surface area (Å²) >= 11 is 1.63. The molecule has 1 saturated carbocycles. The van der Waals surface area contributed by atoms with Crippen molar-refractivity contribution in [2.24, 2.45) is 12.0 Å². The van der Waals surface area contributed by atoms with E-state index in [1.54, 1.807) is 11.3 Å². The third kappa shape index (κ3) is 4.76. The summed E-state index contributed by atoms with van der Waals surface area (Å²) in [5, 5.41) is 27.0. The molecule has 154 valence electrons. The first-order valence-electron chi connectivity index (χ1n) is 10.2. The molecule has 1 fully saturated rings. The number of benzene rings is 1. The molecule has 0 bridgehead atoms. The molecule has 2 aromatic heterocycles. The zero-order chi connectivity index (χ0) is 20.2. The van der Waals surface area contributed by atoms with Gasteiger partial charge in [0.25, 0.3) is 0 Å². The van der Waals surface area contributed by atoms with E-state index in [0.29, 0.717) is 19.1 Å². The summed E-state index contributed by atoms with van der Waals surface area (Å²) in [6, 6.07) is 10.7. The summed E-state index contributed by atoms with van der Waals surface area (Å²) < 4.78 is 3.14. The predicted octanol–water partition coefficient (Wildman–Crippen LogP) is 3.05. The monoisotopic (exact) mass is 412 g/mol. The molecular weight excluding hydrogens is 384 g/mol.